The fourth-order valence-corrected chi connectivity index (χ4v) is 3.29. The predicted octanol–water partition coefficient (Wildman–Crippen LogP) is 2.51. The third-order valence-electron chi connectivity index (χ3n) is 4.32. The molecule has 0 radical (unpaired) electrons. The van der Waals surface area contributed by atoms with Crippen molar-refractivity contribution in [2.75, 3.05) is 38.2 Å². The van der Waals surface area contributed by atoms with Crippen molar-refractivity contribution in [3.05, 3.63) is 24.0 Å². The molecule has 2 heterocycles. The number of hydrogen-bond acceptors (Lipinski definition) is 3. The first kappa shape index (κ1) is 12.7. The van der Waals surface area contributed by atoms with Gasteiger partial charge < -0.3 is 9.64 Å². The van der Waals surface area contributed by atoms with Gasteiger partial charge in [-0.15, -0.1) is 0 Å². The monoisotopic (exact) mass is 264 g/mol. The van der Waals surface area contributed by atoms with Gasteiger partial charge in [-0.05, 0) is 31.5 Å². The average molecular weight is 264 g/mol. The maximum absolute atomic E-state index is 13.3. The van der Waals surface area contributed by atoms with Crippen molar-refractivity contribution >= 4 is 5.69 Å². The summed E-state index contributed by atoms with van der Waals surface area (Å²) in [6, 6.07) is 5.48. The summed E-state index contributed by atoms with van der Waals surface area (Å²) in [5.74, 6) is 0.404. The van der Waals surface area contributed by atoms with Crippen molar-refractivity contribution in [2.24, 2.45) is 0 Å². The number of halogens is 1. The lowest BCUT2D eigenvalue weighted by Gasteiger charge is -2.45. The zero-order chi connectivity index (χ0) is 13.2. The van der Waals surface area contributed by atoms with E-state index in [2.05, 4.69) is 9.80 Å². The van der Waals surface area contributed by atoms with Crippen molar-refractivity contribution in [1.29, 1.82) is 0 Å². The molecule has 3 rings (SSSR count). The largest absolute Gasteiger partial charge is 0.494 e. The molecule has 3 nitrogen and oxygen atoms in total. The Bertz CT molecular complexity index is 452. The summed E-state index contributed by atoms with van der Waals surface area (Å²) in [7, 11) is 1.61. The number of benzene rings is 1. The van der Waals surface area contributed by atoms with Crippen LogP contribution in [0.15, 0.2) is 18.2 Å². The van der Waals surface area contributed by atoms with Gasteiger partial charge in [0, 0.05) is 31.7 Å². The Morgan fingerprint density at radius 2 is 2.11 bits per heavy atom. The highest BCUT2D eigenvalue weighted by atomic mass is 19.1. The number of piperazine rings is 1. The SMILES string of the molecule is COc1cc(F)ccc1N1CCN2CCCCC2C1. The molecule has 0 bridgehead atoms. The fraction of sp³-hybridized carbons (Fsp3) is 0.600. The summed E-state index contributed by atoms with van der Waals surface area (Å²) >= 11 is 0. The van der Waals surface area contributed by atoms with E-state index in [-0.39, 0.29) is 5.82 Å². The smallest absolute Gasteiger partial charge is 0.145 e. The van der Waals surface area contributed by atoms with Crippen molar-refractivity contribution in [1.82, 2.24) is 4.90 Å². The molecule has 1 atom stereocenters. The summed E-state index contributed by atoms with van der Waals surface area (Å²) in [4.78, 5) is 4.93. The van der Waals surface area contributed by atoms with E-state index >= 15 is 0 Å². The molecule has 1 unspecified atom stereocenters. The summed E-state index contributed by atoms with van der Waals surface area (Å²) in [6.07, 6.45) is 3.94. The van der Waals surface area contributed by atoms with Crippen LogP contribution in [0.25, 0.3) is 0 Å². The molecule has 0 aromatic heterocycles. The highest BCUT2D eigenvalue weighted by Gasteiger charge is 2.29. The lowest BCUT2D eigenvalue weighted by molar-refractivity contribution is 0.133. The molecule has 19 heavy (non-hydrogen) atoms. The van der Waals surface area contributed by atoms with E-state index in [0.717, 1.165) is 25.3 Å². The van der Waals surface area contributed by atoms with Gasteiger partial charge in [0.25, 0.3) is 0 Å². The van der Waals surface area contributed by atoms with Gasteiger partial charge in [-0.1, -0.05) is 6.42 Å². The molecule has 0 aliphatic carbocycles. The van der Waals surface area contributed by atoms with Gasteiger partial charge in [-0.3, -0.25) is 4.90 Å². The first-order valence-corrected chi connectivity index (χ1v) is 7.10. The van der Waals surface area contributed by atoms with Gasteiger partial charge in [0.15, 0.2) is 0 Å². The molecule has 0 N–H and O–H groups in total. The van der Waals surface area contributed by atoms with Gasteiger partial charge in [0.2, 0.25) is 0 Å². The second-order valence-electron chi connectivity index (χ2n) is 5.45. The van der Waals surface area contributed by atoms with Crippen LogP contribution in [0.5, 0.6) is 5.75 Å². The number of nitrogens with zero attached hydrogens (tertiary/aromatic N) is 2. The molecule has 1 aromatic rings. The average Bonchev–Trinajstić information content (AvgIpc) is 2.46. The maximum atomic E-state index is 13.3. The first-order valence-electron chi connectivity index (χ1n) is 7.10. The van der Waals surface area contributed by atoms with Crippen LogP contribution in [-0.2, 0) is 0 Å². The van der Waals surface area contributed by atoms with E-state index in [9.17, 15) is 4.39 Å². The van der Waals surface area contributed by atoms with Crippen molar-refractivity contribution in [2.45, 2.75) is 25.3 Å². The van der Waals surface area contributed by atoms with Crippen molar-refractivity contribution < 1.29 is 9.13 Å². The number of piperidine rings is 1. The second kappa shape index (κ2) is 5.37. The lowest BCUT2D eigenvalue weighted by Crippen LogP contribution is -2.54. The van der Waals surface area contributed by atoms with E-state index in [1.807, 2.05) is 6.07 Å². The first-order chi connectivity index (χ1) is 9.28. The maximum Gasteiger partial charge on any atom is 0.145 e. The molecule has 0 spiro atoms. The highest BCUT2D eigenvalue weighted by molar-refractivity contribution is 5.59. The third kappa shape index (κ3) is 2.54. The number of hydrogen-bond donors (Lipinski definition) is 0. The molecule has 2 saturated heterocycles. The van der Waals surface area contributed by atoms with Crippen LogP contribution in [-0.4, -0.2) is 44.2 Å². The van der Waals surface area contributed by atoms with E-state index in [1.54, 1.807) is 7.11 Å². The lowest BCUT2D eigenvalue weighted by atomic mass is 9.99. The molecule has 1 aromatic carbocycles. The van der Waals surface area contributed by atoms with Crippen LogP contribution in [0, 0.1) is 5.82 Å². The Labute approximate surface area is 114 Å². The van der Waals surface area contributed by atoms with Gasteiger partial charge in [0.1, 0.15) is 11.6 Å². The molecule has 2 aliphatic heterocycles. The van der Waals surface area contributed by atoms with Crippen LogP contribution in [0.3, 0.4) is 0 Å². The Balaban J connectivity index is 1.79. The Morgan fingerprint density at radius 1 is 1.21 bits per heavy atom. The van der Waals surface area contributed by atoms with Crippen molar-refractivity contribution in [3.63, 3.8) is 0 Å². The predicted molar refractivity (Wildman–Crippen MR) is 74.4 cm³/mol. The van der Waals surface area contributed by atoms with Crippen LogP contribution < -0.4 is 9.64 Å². The van der Waals surface area contributed by atoms with E-state index < -0.39 is 0 Å². The summed E-state index contributed by atoms with van der Waals surface area (Å²) in [5, 5.41) is 0. The van der Waals surface area contributed by atoms with E-state index in [0.29, 0.717) is 11.8 Å². The van der Waals surface area contributed by atoms with Gasteiger partial charge in [-0.2, -0.15) is 0 Å². The number of anilines is 1. The van der Waals surface area contributed by atoms with Gasteiger partial charge in [-0.25, -0.2) is 4.39 Å². The normalized spacial score (nSPS) is 24.1. The molecule has 2 aliphatic rings. The second-order valence-corrected chi connectivity index (χ2v) is 5.45. The van der Waals surface area contributed by atoms with E-state index in [1.165, 1.54) is 37.9 Å². The minimum absolute atomic E-state index is 0.239. The fourth-order valence-electron chi connectivity index (χ4n) is 3.29. The molecule has 104 valence electrons. The Hall–Kier alpha value is -1.29. The quantitative estimate of drug-likeness (QED) is 0.816. The number of methoxy groups -OCH3 is 1. The molecular weight excluding hydrogens is 243 g/mol. The number of rotatable bonds is 2. The molecule has 0 saturated carbocycles. The van der Waals surface area contributed by atoms with Crippen LogP contribution in [0.1, 0.15) is 19.3 Å². The molecule has 2 fully saturated rings. The highest BCUT2D eigenvalue weighted by Crippen LogP contribution is 2.32. The summed E-state index contributed by atoms with van der Waals surface area (Å²) in [6.45, 7) is 4.37. The Kier molecular flexibility index (Phi) is 3.60. The van der Waals surface area contributed by atoms with Crippen molar-refractivity contribution in [3.8, 4) is 5.75 Å². The van der Waals surface area contributed by atoms with Crippen LogP contribution in [0.4, 0.5) is 10.1 Å². The van der Waals surface area contributed by atoms with Gasteiger partial charge >= 0.3 is 0 Å². The standard InChI is InChI=1S/C15H21FN2O/c1-19-15-10-12(16)5-6-14(15)18-9-8-17-7-3-2-4-13(17)11-18/h5-6,10,13H,2-4,7-9,11H2,1H3. The zero-order valence-corrected chi connectivity index (χ0v) is 11.4. The summed E-state index contributed by atoms with van der Waals surface area (Å²) < 4.78 is 18.6. The summed E-state index contributed by atoms with van der Waals surface area (Å²) in [5.41, 5.74) is 1.02. The number of fused-ring (bicyclic) bond motifs is 1. The minimum atomic E-state index is -0.239. The number of ether oxygens (including phenoxy) is 1. The third-order valence-corrected chi connectivity index (χ3v) is 4.32. The molecular formula is C15H21FN2O. The molecule has 0 amide bonds. The minimum Gasteiger partial charge on any atom is -0.494 e. The van der Waals surface area contributed by atoms with Crippen LogP contribution >= 0.6 is 0 Å². The topological polar surface area (TPSA) is 15.7 Å². The van der Waals surface area contributed by atoms with Crippen LogP contribution in [0.2, 0.25) is 0 Å². The van der Waals surface area contributed by atoms with E-state index in [4.69, 9.17) is 4.74 Å². The van der Waals surface area contributed by atoms with Gasteiger partial charge in [0.05, 0.1) is 12.8 Å². The molecule has 4 heteroatoms. The zero-order valence-electron chi connectivity index (χ0n) is 11.4. The Morgan fingerprint density at radius 3 is 2.95 bits per heavy atom.